The first-order chi connectivity index (χ1) is 18.5. The number of aromatic nitrogens is 3. The van der Waals surface area contributed by atoms with Gasteiger partial charge >= 0.3 is 11.9 Å². The third-order valence-corrected chi connectivity index (χ3v) is 7.71. The summed E-state index contributed by atoms with van der Waals surface area (Å²) in [4.78, 5) is 63.9. The van der Waals surface area contributed by atoms with Gasteiger partial charge in [0.25, 0.3) is 5.91 Å². The number of carbonyl (C=O) groups excluding carboxylic acids is 3. The van der Waals surface area contributed by atoms with E-state index in [0.717, 1.165) is 12.8 Å². The van der Waals surface area contributed by atoms with Gasteiger partial charge in [-0.05, 0) is 31.2 Å². The van der Waals surface area contributed by atoms with E-state index in [1.165, 1.54) is 18.3 Å². The van der Waals surface area contributed by atoms with Gasteiger partial charge in [-0.2, -0.15) is 0 Å². The first-order valence-electron chi connectivity index (χ1n) is 13.1. The van der Waals surface area contributed by atoms with Crippen molar-refractivity contribution in [2.24, 2.45) is 17.8 Å². The second-order valence-corrected chi connectivity index (χ2v) is 11.3. The molecule has 0 aliphatic heterocycles. The highest BCUT2D eigenvalue weighted by atomic mass is 32.1. The number of carboxylic acids is 1. The fraction of sp³-hybridized carbons (Fsp3) is 0.593. The molecule has 3 rings (SSSR count). The average Bonchev–Trinajstić information content (AvgIpc) is 3.61. The molecule has 2 aromatic heterocycles. The number of carbonyl (C=O) groups is 4. The van der Waals surface area contributed by atoms with Crippen LogP contribution >= 0.6 is 11.3 Å². The maximum absolute atomic E-state index is 13.1. The van der Waals surface area contributed by atoms with E-state index < -0.39 is 35.9 Å². The number of nitrogens with one attached hydrogen (secondary N) is 1. The molecular formula is C27H37N5O6S. The first kappa shape index (κ1) is 30.1. The van der Waals surface area contributed by atoms with Crippen molar-refractivity contribution in [2.75, 3.05) is 7.05 Å². The molecule has 2 amide bonds. The Labute approximate surface area is 232 Å². The van der Waals surface area contributed by atoms with Crippen molar-refractivity contribution in [1.82, 2.24) is 25.2 Å². The highest BCUT2D eigenvalue weighted by Crippen LogP contribution is 2.35. The summed E-state index contributed by atoms with van der Waals surface area (Å²) in [5, 5.41) is 14.3. The molecule has 2 N–H and O–H groups in total. The molecule has 212 valence electrons. The summed E-state index contributed by atoms with van der Waals surface area (Å²) in [6.07, 6.45) is 5.04. The van der Waals surface area contributed by atoms with Crippen molar-refractivity contribution in [3.8, 4) is 0 Å². The van der Waals surface area contributed by atoms with Crippen LogP contribution in [0.2, 0.25) is 0 Å². The summed E-state index contributed by atoms with van der Waals surface area (Å²) >= 11 is 1.20. The van der Waals surface area contributed by atoms with Gasteiger partial charge in [-0.1, -0.05) is 20.8 Å². The number of aliphatic carboxylic acids is 1. The van der Waals surface area contributed by atoms with E-state index in [0.29, 0.717) is 17.3 Å². The fourth-order valence-corrected chi connectivity index (χ4v) is 5.29. The van der Waals surface area contributed by atoms with Crippen LogP contribution in [-0.2, 0) is 25.5 Å². The second kappa shape index (κ2) is 13.6. The van der Waals surface area contributed by atoms with Gasteiger partial charge in [0.05, 0.1) is 5.92 Å². The van der Waals surface area contributed by atoms with Crippen LogP contribution in [0.1, 0.15) is 80.8 Å². The molecular weight excluding hydrogens is 522 g/mol. The van der Waals surface area contributed by atoms with Crippen molar-refractivity contribution >= 4 is 35.1 Å². The smallest absolute Gasteiger partial charge is 0.306 e. The Bertz CT molecular complexity index is 1150. The second-order valence-electron chi connectivity index (χ2n) is 10.5. The van der Waals surface area contributed by atoms with Crippen molar-refractivity contribution in [2.45, 2.75) is 78.0 Å². The maximum atomic E-state index is 13.1. The van der Waals surface area contributed by atoms with E-state index in [-0.39, 0.29) is 42.3 Å². The summed E-state index contributed by atoms with van der Waals surface area (Å²) < 4.78 is 5.61. The molecule has 1 fully saturated rings. The van der Waals surface area contributed by atoms with Gasteiger partial charge in [-0.3, -0.25) is 19.2 Å². The molecule has 2 aromatic rings. The van der Waals surface area contributed by atoms with E-state index in [2.05, 4.69) is 20.3 Å². The van der Waals surface area contributed by atoms with Crippen LogP contribution in [0.25, 0.3) is 0 Å². The lowest BCUT2D eigenvalue weighted by Gasteiger charge is -2.33. The van der Waals surface area contributed by atoms with E-state index in [1.807, 2.05) is 13.8 Å². The Morgan fingerprint density at radius 1 is 1.15 bits per heavy atom. The Kier molecular flexibility index (Phi) is 10.5. The number of hydrogen-bond donors (Lipinski definition) is 2. The summed E-state index contributed by atoms with van der Waals surface area (Å²) in [7, 11) is 1.78. The van der Waals surface area contributed by atoms with Crippen LogP contribution < -0.4 is 5.32 Å². The molecule has 39 heavy (non-hydrogen) atoms. The lowest BCUT2D eigenvalue weighted by atomic mass is 9.96. The molecule has 1 unspecified atom stereocenters. The normalized spacial score (nSPS) is 16.2. The molecule has 0 radical (unpaired) electrons. The number of nitrogens with zero attached hydrogens (tertiary/aromatic N) is 4. The molecule has 0 bridgehead atoms. The Balaban J connectivity index is 1.76. The predicted molar refractivity (Wildman–Crippen MR) is 144 cm³/mol. The lowest BCUT2D eigenvalue weighted by molar-refractivity contribution is -0.148. The van der Waals surface area contributed by atoms with Crippen molar-refractivity contribution in [3.05, 3.63) is 40.4 Å². The number of amides is 2. The number of rotatable bonds is 14. The van der Waals surface area contributed by atoms with Crippen LogP contribution in [0.5, 0.6) is 0 Å². The topological polar surface area (TPSA) is 152 Å². The number of esters is 1. The molecule has 0 saturated heterocycles. The zero-order chi connectivity index (χ0) is 28.7. The third kappa shape index (κ3) is 8.81. The summed E-state index contributed by atoms with van der Waals surface area (Å²) in [5.41, 5.74) is 0.137. The summed E-state index contributed by atoms with van der Waals surface area (Å²) in [6, 6.07) is 0.959. The van der Waals surface area contributed by atoms with Crippen LogP contribution in [0.15, 0.2) is 23.8 Å². The number of hydrogen-bond acceptors (Lipinski definition) is 9. The van der Waals surface area contributed by atoms with Gasteiger partial charge in [0.2, 0.25) is 5.91 Å². The largest absolute Gasteiger partial charge is 0.481 e. The average molecular weight is 560 g/mol. The van der Waals surface area contributed by atoms with Crippen LogP contribution in [0.4, 0.5) is 0 Å². The molecule has 1 aliphatic rings. The predicted octanol–water partition coefficient (Wildman–Crippen LogP) is 3.27. The Hall–Kier alpha value is -3.41. The summed E-state index contributed by atoms with van der Waals surface area (Å²) in [5.74, 6) is -1.86. The molecule has 12 heteroatoms. The molecule has 4 atom stereocenters. The van der Waals surface area contributed by atoms with Crippen LogP contribution in [0.3, 0.4) is 0 Å². The van der Waals surface area contributed by atoms with Crippen LogP contribution in [0, 0.1) is 17.8 Å². The van der Waals surface area contributed by atoms with E-state index in [4.69, 9.17) is 4.74 Å². The van der Waals surface area contributed by atoms with Gasteiger partial charge in [0.1, 0.15) is 16.5 Å². The highest BCUT2D eigenvalue weighted by molar-refractivity contribution is 7.09. The van der Waals surface area contributed by atoms with Crippen molar-refractivity contribution < 1.29 is 29.0 Å². The molecule has 1 aliphatic carbocycles. The third-order valence-electron chi connectivity index (χ3n) is 6.78. The van der Waals surface area contributed by atoms with E-state index >= 15 is 0 Å². The monoisotopic (exact) mass is 559 g/mol. The Morgan fingerprint density at radius 2 is 1.82 bits per heavy atom. The van der Waals surface area contributed by atoms with Gasteiger partial charge in [0.15, 0.2) is 6.10 Å². The summed E-state index contributed by atoms with van der Waals surface area (Å²) in [6.45, 7) is 6.93. The molecule has 2 heterocycles. The van der Waals surface area contributed by atoms with Crippen molar-refractivity contribution in [3.63, 3.8) is 0 Å². The van der Waals surface area contributed by atoms with Gasteiger partial charge in [-0.15, -0.1) is 11.3 Å². The number of thiazole rings is 1. The maximum Gasteiger partial charge on any atom is 0.306 e. The van der Waals surface area contributed by atoms with Gasteiger partial charge < -0.3 is 20.1 Å². The standard InChI is InChI=1S/C27H37N5O6S/c1-15(2)21(32(5)26(35)18-7-8-18)13-22(38-17(4)33)25-31-20(14-39-25)24(34)30-19(11-16(3)27(36)37)12-23-28-9-6-10-29-23/h6,9-10,14-16,18-19,21-22H,7-8,11-13H2,1-5H3,(H,30,34)(H,36,37)/t16-,19+,21?,22+/m0/s1. The first-order valence-corrected chi connectivity index (χ1v) is 14.0. The molecule has 11 nitrogen and oxygen atoms in total. The number of carboxylic acid groups (broad SMARTS) is 1. The van der Waals surface area contributed by atoms with Crippen LogP contribution in [-0.4, -0.2) is 67.8 Å². The van der Waals surface area contributed by atoms with Gasteiger partial charge in [-0.25, -0.2) is 15.0 Å². The zero-order valence-corrected chi connectivity index (χ0v) is 23.8. The van der Waals surface area contributed by atoms with E-state index in [9.17, 15) is 24.3 Å². The zero-order valence-electron chi connectivity index (χ0n) is 23.0. The lowest BCUT2D eigenvalue weighted by Crippen LogP contribution is -2.42. The quantitative estimate of drug-likeness (QED) is 0.332. The van der Waals surface area contributed by atoms with E-state index in [1.54, 1.807) is 42.7 Å². The fourth-order valence-electron chi connectivity index (χ4n) is 4.45. The molecule has 0 spiro atoms. The number of ether oxygens (including phenoxy) is 1. The minimum Gasteiger partial charge on any atom is -0.481 e. The Morgan fingerprint density at radius 3 is 2.38 bits per heavy atom. The van der Waals surface area contributed by atoms with Gasteiger partial charge in [0, 0.05) is 62.6 Å². The van der Waals surface area contributed by atoms with Crippen molar-refractivity contribution in [1.29, 1.82) is 0 Å². The minimum atomic E-state index is -0.965. The SMILES string of the molecule is CC(=O)O[C@H](CC(C(C)C)N(C)C(=O)C1CC1)c1nc(C(=O)N[C@@H](Cc2ncccn2)C[C@H](C)C(=O)O)cs1. The highest BCUT2D eigenvalue weighted by Gasteiger charge is 2.37. The molecule has 1 saturated carbocycles. The minimum absolute atomic E-state index is 0.0664. The molecule has 0 aromatic carbocycles.